The highest BCUT2D eigenvalue weighted by Crippen LogP contribution is 2.14. The molecule has 0 aliphatic rings. The molecule has 0 aliphatic carbocycles. The van der Waals surface area contributed by atoms with Crippen LogP contribution in [0.1, 0.15) is 23.1 Å². The van der Waals surface area contributed by atoms with Crippen LogP contribution in [0.15, 0.2) is 34.3 Å². The van der Waals surface area contributed by atoms with Gasteiger partial charge in [0.15, 0.2) is 0 Å². The summed E-state index contributed by atoms with van der Waals surface area (Å²) in [5.74, 6) is 1.03. The van der Waals surface area contributed by atoms with Crippen molar-refractivity contribution in [3.63, 3.8) is 0 Å². The second-order valence-electron chi connectivity index (χ2n) is 4.45. The molecule has 2 rings (SSSR count). The van der Waals surface area contributed by atoms with Crippen molar-refractivity contribution in [2.45, 2.75) is 26.6 Å². The van der Waals surface area contributed by atoms with Crippen LogP contribution in [-0.2, 0) is 19.6 Å². The van der Waals surface area contributed by atoms with Crippen molar-refractivity contribution < 1.29 is 4.42 Å². The zero-order chi connectivity index (χ0) is 12.8. The quantitative estimate of drug-likeness (QED) is 0.833. The lowest BCUT2D eigenvalue weighted by Gasteiger charge is -2.13. The van der Waals surface area contributed by atoms with Gasteiger partial charge in [0.05, 0.1) is 12.8 Å². The van der Waals surface area contributed by atoms with Crippen molar-refractivity contribution in [1.82, 2.24) is 10.2 Å². The van der Waals surface area contributed by atoms with E-state index in [2.05, 4.69) is 47.8 Å². The largest absolute Gasteiger partial charge is 0.468 e. The van der Waals surface area contributed by atoms with Crippen molar-refractivity contribution in [2.75, 3.05) is 13.6 Å². The molecule has 2 aromatic heterocycles. The molecule has 0 saturated heterocycles. The highest BCUT2D eigenvalue weighted by molar-refractivity contribution is 7.09. The summed E-state index contributed by atoms with van der Waals surface area (Å²) >= 11 is 1.80. The van der Waals surface area contributed by atoms with Gasteiger partial charge >= 0.3 is 0 Å². The van der Waals surface area contributed by atoms with Gasteiger partial charge in [-0.25, -0.2) is 0 Å². The van der Waals surface area contributed by atoms with Crippen LogP contribution in [0.5, 0.6) is 0 Å². The van der Waals surface area contributed by atoms with Crippen LogP contribution in [0, 0.1) is 0 Å². The van der Waals surface area contributed by atoms with E-state index in [0.717, 1.165) is 31.9 Å². The molecule has 0 bridgehead atoms. The van der Waals surface area contributed by atoms with E-state index in [4.69, 9.17) is 4.42 Å². The van der Waals surface area contributed by atoms with Crippen molar-refractivity contribution >= 4 is 11.3 Å². The first kappa shape index (κ1) is 13.3. The van der Waals surface area contributed by atoms with Gasteiger partial charge in [0.1, 0.15) is 5.76 Å². The van der Waals surface area contributed by atoms with Crippen molar-refractivity contribution in [1.29, 1.82) is 0 Å². The Bertz CT molecular complexity index is 450. The number of nitrogens with one attached hydrogen (secondary N) is 1. The Kier molecular flexibility index (Phi) is 4.99. The van der Waals surface area contributed by atoms with E-state index in [0.29, 0.717) is 0 Å². The Morgan fingerprint density at radius 1 is 1.39 bits per heavy atom. The molecular formula is C14H20N2OS. The fourth-order valence-electron chi connectivity index (χ4n) is 1.86. The molecule has 4 heteroatoms. The molecule has 0 radical (unpaired) electrons. The van der Waals surface area contributed by atoms with Gasteiger partial charge in [-0.3, -0.25) is 4.90 Å². The lowest BCUT2D eigenvalue weighted by molar-refractivity contribution is 0.290. The molecule has 0 atom stereocenters. The van der Waals surface area contributed by atoms with E-state index in [1.54, 1.807) is 11.3 Å². The summed E-state index contributed by atoms with van der Waals surface area (Å²) in [6, 6.07) is 6.39. The van der Waals surface area contributed by atoms with Crippen molar-refractivity contribution in [2.24, 2.45) is 0 Å². The molecule has 1 N–H and O–H groups in total. The molecule has 3 nitrogen and oxygen atoms in total. The van der Waals surface area contributed by atoms with Crippen LogP contribution in [0.2, 0.25) is 0 Å². The molecular weight excluding hydrogens is 244 g/mol. The Morgan fingerprint density at radius 3 is 3.00 bits per heavy atom. The average molecular weight is 264 g/mol. The molecule has 2 heterocycles. The second-order valence-corrected chi connectivity index (χ2v) is 5.49. The SMILES string of the molecule is CCNCc1coc(CN(C)Cc2cccs2)c1. The third-order valence-electron chi connectivity index (χ3n) is 2.72. The van der Waals surface area contributed by atoms with E-state index in [-0.39, 0.29) is 0 Å². The first-order valence-corrected chi connectivity index (χ1v) is 7.14. The summed E-state index contributed by atoms with van der Waals surface area (Å²) in [6.07, 6.45) is 1.84. The number of nitrogens with zero attached hydrogens (tertiary/aromatic N) is 1. The van der Waals surface area contributed by atoms with Gasteiger partial charge in [-0.2, -0.15) is 0 Å². The van der Waals surface area contributed by atoms with Crippen LogP contribution < -0.4 is 5.32 Å². The number of hydrogen-bond acceptors (Lipinski definition) is 4. The molecule has 0 unspecified atom stereocenters. The molecule has 0 spiro atoms. The number of rotatable bonds is 7. The third kappa shape index (κ3) is 3.98. The zero-order valence-electron chi connectivity index (χ0n) is 11.0. The topological polar surface area (TPSA) is 28.4 Å². The highest BCUT2D eigenvalue weighted by Gasteiger charge is 2.06. The minimum atomic E-state index is 0.851. The van der Waals surface area contributed by atoms with E-state index in [9.17, 15) is 0 Å². The Morgan fingerprint density at radius 2 is 2.28 bits per heavy atom. The van der Waals surface area contributed by atoms with E-state index < -0.39 is 0 Å². The second kappa shape index (κ2) is 6.73. The lowest BCUT2D eigenvalue weighted by atomic mass is 10.3. The predicted molar refractivity (Wildman–Crippen MR) is 75.6 cm³/mol. The molecule has 98 valence electrons. The van der Waals surface area contributed by atoms with Gasteiger partial charge in [0, 0.05) is 23.5 Å². The summed E-state index contributed by atoms with van der Waals surface area (Å²) in [4.78, 5) is 3.65. The van der Waals surface area contributed by atoms with Crippen LogP contribution in [-0.4, -0.2) is 18.5 Å². The van der Waals surface area contributed by atoms with Crippen LogP contribution in [0.4, 0.5) is 0 Å². The zero-order valence-corrected chi connectivity index (χ0v) is 11.8. The Balaban J connectivity index is 1.83. The van der Waals surface area contributed by atoms with Crippen LogP contribution >= 0.6 is 11.3 Å². The number of thiophene rings is 1. The molecule has 2 aromatic rings. The molecule has 0 aliphatic heterocycles. The standard InChI is InChI=1S/C14H20N2OS/c1-3-15-8-12-7-13(17-11-12)9-16(2)10-14-5-4-6-18-14/h4-7,11,15H,3,8-10H2,1-2H3. The van der Waals surface area contributed by atoms with Gasteiger partial charge in [-0.05, 0) is 31.1 Å². The van der Waals surface area contributed by atoms with Crippen molar-refractivity contribution in [3.8, 4) is 0 Å². The van der Waals surface area contributed by atoms with E-state index in [1.807, 2.05) is 6.26 Å². The minimum Gasteiger partial charge on any atom is -0.468 e. The molecule has 0 fully saturated rings. The molecule has 0 saturated carbocycles. The molecule has 18 heavy (non-hydrogen) atoms. The summed E-state index contributed by atoms with van der Waals surface area (Å²) in [6.45, 7) is 5.80. The van der Waals surface area contributed by atoms with E-state index >= 15 is 0 Å². The summed E-state index contributed by atoms with van der Waals surface area (Å²) in [5, 5.41) is 5.41. The van der Waals surface area contributed by atoms with Gasteiger partial charge in [0.2, 0.25) is 0 Å². The normalized spacial score (nSPS) is 11.3. The van der Waals surface area contributed by atoms with E-state index in [1.165, 1.54) is 10.4 Å². The first-order valence-electron chi connectivity index (χ1n) is 6.26. The lowest BCUT2D eigenvalue weighted by Crippen LogP contribution is -2.16. The van der Waals surface area contributed by atoms with Gasteiger partial charge < -0.3 is 9.73 Å². The average Bonchev–Trinajstić information content (AvgIpc) is 2.98. The number of furan rings is 1. The van der Waals surface area contributed by atoms with Crippen molar-refractivity contribution in [3.05, 3.63) is 46.0 Å². The summed E-state index contributed by atoms with van der Waals surface area (Å²) in [5.41, 5.74) is 1.22. The monoisotopic (exact) mass is 264 g/mol. The smallest absolute Gasteiger partial charge is 0.118 e. The maximum absolute atomic E-state index is 5.57. The minimum absolute atomic E-state index is 0.851. The highest BCUT2D eigenvalue weighted by atomic mass is 32.1. The Labute approximate surface area is 112 Å². The van der Waals surface area contributed by atoms with Crippen LogP contribution in [0.3, 0.4) is 0 Å². The fraction of sp³-hybridized carbons (Fsp3) is 0.429. The number of hydrogen-bond donors (Lipinski definition) is 1. The van der Waals surface area contributed by atoms with Gasteiger partial charge in [-0.15, -0.1) is 11.3 Å². The Hall–Kier alpha value is -1.10. The van der Waals surface area contributed by atoms with Crippen LogP contribution in [0.25, 0.3) is 0 Å². The molecule has 0 amide bonds. The first-order chi connectivity index (χ1) is 8.78. The summed E-state index contributed by atoms with van der Waals surface area (Å²) in [7, 11) is 2.12. The maximum Gasteiger partial charge on any atom is 0.118 e. The molecule has 0 aromatic carbocycles. The summed E-state index contributed by atoms with van der Waals surface area (Å²) < 4.78 is 5.57. The van der Waals surface area contributed by atoms with Gasteiger partial charge in [0.25, 0.3) is 0 Å². The van der Waals surface area contributed by atoms with Gasteiger partial charge in [-0.1, -0.05) is 13.0 Å². The third-order valence-corrected chi connectivity index (χ3v) is 3.58. The fourth-order valence-corrected chi connectivity index (χ4v) is 2.65. The maximum atomic E-state index is 5.57. The predicted octanol–water partition coefficient (Wildman–Crippen LogP) is 3.08.